The number of amides is 1. The highest BCUT2D eigenvalue weighted by Crippen LogP contribution is 2.12. The van der Waals surface area contributed by atoms with Gasteiger partial charge in [-0.25, -0.2) is 0 Å². The van der Waals surface area contributed by atoms with Crippen LogP contribution in [-0.4, -0.2) is 17.8 Å². The molecule has 1 aromatic carbocycles. The molecule has 0 fully saturated rings. The Morgan fingerprint density at radius 1 is 1.54 bits per heavy atom. The van der Waals surface area contributed by atoms with E-state index in [1.165, 1.54) is 0 Å². The number of nitrogens with two attached hydrogens (primary N) is 1. The summed E-state index contributed by atoms with van der Waals surface area (Å²) in [4.78, 5) is 10.8. The third kappa shape index (κ3) is 3.06. The van der Waals surface area contributed by atoms with Gasteiger partial charge in [0.1, 0.15) is 5.75 Å². The van der Waals surface area contributed by atoms with E-state index < -0.39 is 5.91 Å². The number of carbonyl (C=O) groups is 1. The number of rotatable bonds is 4. The van der Waals surface area contributed by atoms with E-state index in [0.717, 1.165) is 5.33 Å². The summed E-state index contributed by atoms with van der Waals surface area (Å²) in [6.45, 7) is 0.572. The second kappa shape index (κ2) is 4.87. The first-order valence-electron chi connectivity index (χ1n) is 3.82. The minimum absolute atomic E-state index is 0.440. The Morgan fingerprint density at radius 3 is 2.92 bits per heavy atom. The van der Waals surface area contributed by atoms with Crippen molar-refractivity contribution in [1.29, 1.82) is 0 Å². The lowest BCUT2D eigenvalue weighted by molar-refractivity contribution is 0.1000. The number of hydrogen-bond donors (Lipinski definition) is 1. The molecule has 0 aromatic heterocycles. The summed E-state index contributed by atoms with van der Waals surface area (Å²) in [6.07, 6.45) is 0. The molecule has 3 nitrogen and oxygen atoms in total. The van der Waals surface area contributed by atoms with Crippen LogP contribution >= 0.6 is 15.9 Å². The van der Waals surface area contributed by atoms with E-state index in [1.807, 2.05) is 0 Å². The minimum Gasteiger partial charge on any atom is -0.493 e. The fourth-order valence-corrected chi connectivity index (χ4v) is 1.06. The number of benzene rings is 1. The van der Waals surface area contributed by atoms with Crippen LogP contribution in [0, 0.1) is 0 Å². The van der Waals surface area contributed by atoms with E-state index in [4.69, 9.17) is 10.5 Å². The maximum atomic E-state index is 10.8. The van der Waals surface area contributed by atoms with E-state index in [0.29, 0.717) is 17.9 Å². The molecule has 0 saturated heterocycles. The molecule has 2 N–H and O–H groups in total. The number of primary amides is 1. The number of hydrogen-bond acceptors (Lipinski definition) is 2. The molecule has 0 spiro atoms. The highest BCUT2D eigenvalue weighted by atomic mass is 79.9. The van der Waals surface area contributed by atoms with Crippen LogP contribution in [0.1, 0.15) is 10.4 Å². The van der Waals surface area contributed by atoms with Crippen molar-refractivity contribution in [1.82, 2.24) is 0 Å². The molecule has 0 aliphatic carbocycles. The van der Waals surface area contributed by atoms with Crippen LogP contribution in [0.4, 0.5) is 0 Å². The van der Waals surface area contributed by atoms with Gasteiger partial charge in [0, 0.05) is 10.9 Å². The van der Waals surface area contributed by atoms with Gasteiger partial charge in [-0.15, -0.1) is 0 Å². The normalized spacial score (nSPS) is 9.62. The summed E-state index contributed by atoms with van der Waals surface area (Å²) in [5.74, 6) is 0.222. The second-order valence-electron chi connectivity index (χ2n) is 2.43. The average molecular weight is 244 g/mol. The summed E-state index contributed by atoms with van der Waals surface area (Å²) in [7, 11) is 0. The average Bonchev–Trinajstić information content (AvgIpc) is 2.15. The summed E-state index contributed by atoms with van der Waals surface area (Å²) in [6, 6.07) is 6.81. The van der Waals surface area contributed by atoms with Crippen LogP contribution < -0.4 is 10.5 Å². The van der Waals surface area contributed by atoms with Crippen LogP contribution in [0.2, 0.25) is 0 Å². The molecule has 0 bridgehead atoms. The largest absolute Gasteiger partial charge is 0.493 e. The number of halogens is 1. The topological polar surface area (TPSA) is 52.3 Å². The van der Waals surface area contributed by atoms with E-state index in [2.05, 4.69) is 15.9 Å². The van der Waals surface area contributed by atoms with Gasteiger partial charge in [-0.05, 0) is 18.2 Å². The molecule has 0 radical (unpaired) electrons. The van der Waals surface area contributed by atoms with Gasteiger partial charge in [0.05, 0.1) is 6.61 Å². The smallest absolute Gasteiger partial charge is 0.248 e. The summed E-state index contributed by atoms with van der Waals surface area (Å²) in [5, 5.41) is 0.758. The highest BCUT2D eigenvalue weighted by molar-refractivity contribution is 9.09. The third-order valence-corrected chi connectivity index (χ3v) is 1.79. The monoisotopic (exact) mass is 243 g/mol. The fourth-order valence-electron chi connectivity index (χ4n) is 0.896. The van der Waals surface area contributed by atoms with E-state index >= 15 is 0 Å². The van der Waals surface area contributed by atoms with E-state index in [-0.39, 0.29) is 0 Å². The van der Waals surface area contributed by atoms with Crippen LogP contribution in [0.5, 0.6) is 5.75 Å². The van der Waals surface area contributed by atoms with Gasteiger partial charge in [0.15, 0.2) is 0 Å². The first-order valence-corrected chi connectivity index (χ1v) is 4.95. The molecule has 0 unspecified atom stereocenters. The predicted octanol–water partition coefficient (Wildman–Crippen LogP) is 1.56. The molecule has 1 rings (SSSR count). The Balaban J connectivity index is 2.73. The molecule has 0 aliphatic rings. The molecule has 0 aliphatic heterocycles. The third-order valence-electron chi connectivity index (χ3n) is 1.46. The molecular weight excluding hydrogens is 234 g/mol. The van der Waals surface area contributed by atoms with Crippen molar-refractivity contribution < 1.29 is 9.53 Å². The zero-order valence-corrected chi connectivity index (χ0v) is 8.58. The Labute approximate surface area is 85.0 Å². The van der Waals surface area contributed by atoms with Gasteiger partial charge in [-0.3, -0.25) is 4.79 Å². The molecular formula is C9H10BrNO2. The van der Waals surface area contributed by atoms with Crippen molar-refractivity contribution in [3.05, 3.63) is 29.8 Å². The first-order chi connectivity index (χ1) is 6.24. The fraction of sp³-hybridized carbons (Fsp3) is 0.222. The van der Waals surface area contributed by atoms with Crippen molar-refractivity contribution in [2.75, 3.05) is 11.9 Å². The van der Waals surface area contributed by atoms with Crippen molar-refractivity contribution in [2.24, 2.45) is 5.73 Å². The highest BCUT2D eigenvalue weighted by Gasteiger charge is 2.00. The Morgan fingerprint density at radius 2 is 2.31 bits per heavy atom. The summed E-state index contributed by atoms with van der Waals surface area (Å²) in [5.41, 5.74) is 5.57. The first kappa shape index (κ1) is 10.1. The molecule has 1 amide bonds. The quantitative estimate of drug-likeness (QED) is 0.817. The molecule has 0 saturated carbocycles. The van der Waals surface area contributed by atoms with Crippen molar-refractivity contribution in [3.8, 4) is 5.75 Å². The van der Waals surface area contributed by atoms with Crippen molar-refractivity contribution in [2.45, 2.75) is 0 Å². The summed E-state index contributed by atoms with van der Waals surface area (Å²) < 4.78 is 5.29. The Kier molecular flexibility index (Phi) is 3.76. The maximum Gasteiger partial charge on any atom is 0.248 e. The van der Waals surface area contributed by atoms with E-state index in [9.17, 15) is 4.79 Å². The summed E-state index contributed by atoms with van der Waals surface area (Å²) >= 11 is 3.24. The lowest BCUT2D eigenvalue weighted by Crippen LogP contribution is -2.10. The zero-order valence-electron chi connectivity index (χ0n) is 7.00. The molecule has 0 heterocycles. The molecule has 0 atom stereocenters. The van der Waals surface area contributed by atoms with E-state index in [1.54, 1.807) is 24.3 Å². The Bertz CT molecular complexity index is 301. The second-order valence-corrected chi connectivity index (χ2v) is 3.22. The Hall–Kier alpha value is -1.03. The number of alkyl halides is 1. The molecule has 4 heteroatoms. The molecule has 70 valence electrons. The maximum absolute atomic E-state index is 10.8. The SMILES string of the molecule is NC(=O)c1cccc(OCCBr)c1. The number of carbonyl (C=O) groups excluding carboxylic acids is 1. The lowest BCUT2D eigenvalue weighted by Gasteiger charge is -2.04. The van der Waals surface area contributed by atoms with Gasteiger partial charge in [-0.1, -0.05) is 22.0 Å². The lowest BCUT2D eigenvalue weighted by atomic mass is 10.2. The van der Waals surface area contributed by atoms with Crippen LogP contribution in [0.15, 0.2) is 24.3 Å². The van der Waals surface area contributed by atoms with Gasteiger partial charge < -0.3 is 10.5 Å². The standard InChI is InChI=1S/C9H10BrNO2/c10-4-5-13-8-3-1-2-7(6-8)9(11)12/h1-3,6H,4-5H2,(H2,11,12). The van der Waals surface area contributed by atoms with Crippen molar-refractivity contribution >= 4 is 21.8 Å². The molecule has 1 aromatic rings. The predicted molar refractivity (Wildman–Crippen MR) is 54.2 cm³/mol. The van der Waals surface area contributed by atoms with Crippen LogP contribution in [0.25, 0.3) is 0 Å². The van der Waals surface area contributed by atoms with Gasteiger partial charge in [0.25, 0.3) is 0 Å². The minimum atomic E-state index is -0.440. The van der Waals surface area contributed by atoms with Gasteiger partial charge in [-0.2, -0.15) is 0 Å². The van der Waals surface area contributed by atoms with Crippen molar-refractivity contribution in [3.63, 3.8) is 0 Å². The zero-order chi connectivity index (χ0) is 9.68. The van der Waals surface area contributed by atoms with Crippen LogP contribution in [-0.2, 0) is 0 Å². The number of ether oxygens (including phenoxy) is 1. The van der Waals surface area contributed by atoms with Gasteiger partial charge >= 0.3 is 0 Å². The van der Waals surface area contributed by atoms with Crippen LogP contribution in [0.3, 0.4) is 0 Å². The van der Waals surface area contributed by atoms with Gasteiger partial charge in [0.2, 0.25) is 5.91 Å². The molecule has 13 heavy (non-hydrogen) atoms.